The molecule has 4 rings (SSSR count). The molecule has 1 unspecified atom stereocenters. The number of phenolic OH excluding ortho intramolecular Hbond substituents is 1. The van der Waals surface area contributed by atoms with E-state index in [4.69, 9.17) is 4.74 Å². The first kappa shape index (κ1) is 15.9. The van der Waals surface area contributed by atoms with Crippen molar-refractivity contribution in [1.82, 2.24) is 0 Å². The van der Waals surface area contributed by atoms with Crippen LogP contribution in [-0.2, 0) is 16.8 Å². The fourth-order valence-corrected chi connectivity index (χ4v) is 4.00. The monoisotopic (exact) mass is 330 g/mol. The second-order valence-corrected chi connectivity index (χ2v) is 6.67. The molecule has 25 heavy (non-hydrogen) atoms. The highest BCUT2D eigenvalue weighted by molar-refractivity contribution is 5.48. The predicted molar refractivity (Wildman–Crippen MR) is 99.6 cm³/mol. The van der Waals surface area contributed by atoms with E-state index in [-0.39, 0.29) is 5.60 Å². The molecule has 0 aliphatic carbocycles. The molecule has 3 aromatic rings. The highest BCUT2D eigenvalue weighted by Crippen LogP contribution is 2.63. The molecule has 1 aliphatic heterocycles. The molecule has 1 heterocycles. The van der Waals surface area contributed by atoms with Gasteiger partial charge in [0.2, 0.25) is 0 Å². The van der Waals surface area contributed by atoms with E-state index in [1.54, 1.807) is 6.07 Å². The van der Waals surface area contributed by atoms with Crippen LogP contribution in [0.25, 0.3) is 0 Å². The summed E-state index contributed by atoms with van der Waals surface area (Å²) in [6.45, 7) is 2.16. The van der Waals surface area contributed by atoms with E-state index in [9.17, 15) is 5.11 Å². The third-order valence-electron chi connectivity index (χ3n) is 5.35. The summed E-state index contributed by atoms with van der Waals surface area (Å²) in [5, 5.41) is 10.3. The van der Waals surface area contributed by atoms with Gasteiger partial charge in [-0.3, -0.25) is 0 Å². The molecule has 1 saturated heterocycles. The quantitative estimate of drug-likeness (QED) is 0.663. The van der Waals surface area contributed by atoms with E-state index in [0.29, 0.717) is 12.2 Å². The fraction of sp³-hybridized carbons (Fsp3) is 0.217. The maximum atomic E-state index is 10.3. The molecule has 126 valence electrons. The van der Waals surface area contributed by atoms with Gasteiger partial charge in [0.15, 0.2) is 0 Å². The van der Waals surface area contributed by atoms with E-state index >= 15 is 0 Å². The zero-order valence-electron chi connectivity index (χ0n) is 14.4. The maximum Gasteiger partial charge on any atom is 0.148 e. The Kier molecular flexibility index (Phi) is 3.85. The number of phenols is 1. The molecule has 1 aliphatic rings. The number of rotatable bonds is 5. The average molecular weight is 330 g/mol. The molecule has 1 N–H and O–H groups in total. The van der Waals surface area contributed by atoms with Crippen LogP contribution < -0.4 is 0 Å². The van der Waals surface area contributed by atoms with Gasteiger partial charge >= 0.3 is 0 Å². The Morgan fingerprint density at radius 2 is 1.28 bits per heavy atom. The Balaban J connectivity index is 1.82. The van der Waals surface area contributed by atoms with Gasteiger partial charge in [-0.15, -0.1) is 0 Å². The molecule has 0 bridgehead atoms. The van der Waals surface area contributed by atoms with Gasteiger partial charge in [0.25, 0.3) is 0 Å². The summed E-state index contributed by atoms with van der Waals surface area (Å²) in [7, 11) is 0. The van der Waals surface area contributed by atoms with Crippen molar-refractivity contribution in [3.05, 3.63) is 102 Å². The zero-order valence-corrected chi connectivity index (χ0v) is 14.4. The minimum atomic E-state index is -0.466. The highest BCUT2D eigenvalue weighted by atomic mass is 16.6. The van der Waals surface area contributed by atoms with Crippen LogP contribution in [0.2, 0.25) is 0 Å². The number of hydrogen-bond donors (Lipinski definition) is 1. The van der Waals surface area contributed by atoms with Gasteiger partial charge in [0.1, 0.15) is 17.0 Å². The summed E-state index contributed by atoms with van der Waals surface area (Å²) >= 11 is 0. The smallest absolute Gasteiger partial charge is 0.148 e. The average Bonchev–Trinajstić information content (AvgIpc) is 3.35. The first-order valence-corrected chi connectivity index (χ1v) is 8.80. The fourth-order valence-electron chi connectivity index (χ4n) is 4.00. The number of ether oxygens (including phenoxy) is 1. The topological polar surface area (TPSA) is 32.8 Å². The van der Waals surface area contributed by atoms with Gasteiger partial charge in [-0.1, -0.05) is 85.8 Å². The Hall–Kier alpha value is -2.58. The number of hydrogen-bond acceptors (Lipinski definition) is 2. The third kappa shape index (κ3) is 2.45. The van der Waals surface area contributed by atoms with Crippen LogP contribution in [0.1, 0.15) is 30.0 Å². The molecule has 0 amide bonds. The summed E-state index contributed by atoms with van der Waals surface area (Å²) in [6, 6.07) is 28.4. The molecular formula is C23H22O2. The Morgan fingerprint density at radius 1 is 0.760 bits per heavy atom. The summed E-state index contributed by atoms with van der Waals surface area (Å²) in [6.07, 6.45) is 1.55. The van der Waals surface area contributed by atoms with Crippen LogP contribution >= 0.6 is 0 Å². The van der Waals surface area contributed by atoms with Crippen LogP contribution in [-0.4, -0.2) is 10.7 Å². The molecule has 1 atom stereocenters. The standard InChI is InChI=1S/C23H22O2/c1-2-22(17-18-11-9-10-16-21(18)24)23(25-22,19-12-5-3-6-13-19)20-14-7-4-8-15-20/h3-16,24H,2,17H2,1H3. The van der Waals surface area contributed by atoms with Gasteiger partial charge in [0, 0.05) is 6.42 Å². The van der Waals surface area contributed by atoms with Crippen molar-refractivity contribution in [2.24, 2.45) is 0 Å². The maximum absolute atomic E-state index is 10.3. The van der Waals surface area contributed by atoms with Crippen molar-refractivity contribution in [3.63, 3.8) is 0 Å². The summed E-state index contributed by atoms with van der Waals surface area (Å²) in [5.74, 6) is 0.334. The lowest BCUT2D eigenvalue weighted by Crippen LogP contribution is -2.27. The van der Waals surface area contributed by atoms with Crippen molar-refractivity contribution in [3.8, 4) is 5.75 Å². The van der Waals surface area contributed by atoms with Crippen molar-refractivity contribution in [2.75, 3.05) is 0 Å². The largest absolute Gasteiger partial charge is 0.508 e. The summed E-state index contributed by atoms with van der Waals surface area (Å²) < 4.78 is 6.56. The molecular weight excluding hydrogens is 308 g/mol. The lowest BCUT2D eigenvalue weighted by atomic mass is 9.76. The minimum Gasteiger partial charge on any atom is -0.508 e. The van der Waals surface area contributed by atoms with E-state index in [0.717, 1.165) is 12.0 Å². The van der Waals surface area contributed by atoms with Crippen molar-refractivity contribution in [1.29, 1.82) is 0 Å². The first-order chi connectivity index (χ1) is 12.2. The Morgan fingerprint density at radius 3 is 1.80 bits per heavy atom. The molecule has 0 radical (unpaired) electrons. The number of para-hydroxylation sites is 1. The van der Waals surface area contributed by atoms with E-state index in [2.05, 4.69) is 55.5 Å². The predicted octanol–water partition coefficient (Wildman–Crippen LogP) is 5.06. The van der Waals surface area contributed by atoms with Gasteiger partial charge in [0.05, 0.1) is 0 Å². The molecule has 2 nitrogen and oxygen atoms in total. The lowest BCUT2D eigenvalue weighted by Gasteiger charge is -2.21. The van der Waals surface area contributed by atoms with Crippen molar-refractivity contribution >= 4 is 0 Å². The SMILES string of the molecule is CCC1(Cc2ccccc2O)OC1(c1ccccc1)c1ccccc1. The molecule has 1 fully saturated rings. The summed E-state index contributed by atoms with van der Waals surface area (Å²) in [4.78, 5) is 0. The normalized spacial score (nSPS) is 21.0. The van der Waals surface area contributed by atoms with Crippen LogP contribution in [0.15, 0.2) is 84.9 Å². The van der Waals surface area contributed by atoms with E-state index in [1.807, 2.05) is 30.3 Å². The van der Waals surface area contributed by atoms with Gasteiger partial charge in [-0.25, -0.2) is 0 Å². The molecule has 0 saturated carbocycles. The van der Waals surface area contributed by atoms with Gasteiger partial charge < -0.3 is 9.84 Å². The minimum absolute atomic E-state index is 0.334. The molecule has 0 spiro atoms. The second kappa shape index (κ2) is 6.05. The number of epoxide rings is 1. The Labute approximate surface area is 148 Å². The number of benzene rings is 3. The van der Waals surface area contributed by atoms with Crippen LogP contribution in [0.5, 0.6) is 5.75 Å². The Bertz CT molecular complexity index is 818. The molecule has 0 aromatic heterocycles. The van der Waals surface area contributed by atoms with E-state index in [1.165, 1.54) is 11.1 Å². The lowest BCUT2D eigenvalue weighted by molar-refractivity contribution is 0.268. The van der Waals surface area contributed by atoms with Gasteiger partial charge in [-0.2, -0.15) is 0 Å². The second-order valence-electron chi connectivity index (χ2n) is 6.67. The van der Waals surface area contributed by atoms with Crippen molar-refractivity contribution in [2.45, 2.75) is 31.0 Å². The van der Waals surface area contributed by atoms with E-state index < -0.39 is 5.60 Å². The molecule has 2 heteroatoms. The third-order valence-corrected chi connectivity index (χ3v) is 5.35. The molecule has 3 aromatic carbocycles. The van der Waals surface area contributed by atoms with Crippen molar-refractivity contribution < 1.29 is 9.84 Å². The zero-order chi connectivity index (χ0) is 17.3. The summed E-state index contributed by atoms with van der Waals surface area (Å²) in [5.41, 5.74) is 2.44. The van der Waals surface area contributed by atoms with Crippen LogP contribution in [0, 0.1) is 0 Å². The van der Waals surface area contributed by atoms with Crippen LogP contribution in [0.3, 0.4) is 0 Å². The van der Waals surface area contributed by atoms with Crippen LogP contribution in [0.4, 0.5) is 0 Å². The first-order valence-electron chi connectivity index (χ1n) is 8.80. The highest BCUT2D eigenvalue weighted by Gasteiger charge is 2.70. The van der Waals surface area contributed by atoms with Gasteiger partial charge in [-0.05, 0) is 29.2 Å². The number of aromatic hydroxyl groups is 1.